The Morgan fingerprint density at radius 1 is 0.760 bits per heavy atom. The number of benzene rings is 2. The Labute approximate surface area is 147 Å². The number of carbonyl (C=O) groups is 2. The van der Waals surface area contributed by atoms with Crippen LogP contribution in [0.25, 0.3) is 0 Å². The van der Waals surface area contributed by atoms with Crippen LogP contribution in [-0.2, 0) is 6.42 Å². The van der Waals surface area contributed by atoms with E-state index in [0.29, 0.717) is 17.5 Å². The SMILES string of the molecule is O=C(CC(Cc1ccccn1)C(=O)c1ccccc1)c1ccccc1. The van der Waals surface area contributed by atoms with Crippen molar-refractivity contribution in [3.05, 3.63) is 102 Å². The van der Waals surface area contributed by atoms with Gasteiger partial charge < -0.3 is 0 Å². The molecule has 3 nitrogen and oxygen atoms in total. The summed E-state index contributed by atoms with van der Waals surface area (Å²) in [6, 6.07) is 23.9. The molecule has 0 aliphatic heterocycles. The van der Waals surface area contributed by atoms with Crippen molar-refractivity contribution in [3.8, 4) is 0 Å². The zero-order valence-electron chi connectivity index (χ0n) is 13.8. The molecule has 0 N–H and O–H groups in total. The van der Waals surface area contributed by atoms with E-state index in [1.807, 2.05) is 54.6 Å². The highest BCUT2D eigenvalue weighted by atomic mass is 16.1. The third-order valence-corrected chi connectivity index (χ3v) is 4.14. The molecule has 1 heterocycles. The molecule has 2 aromatic carbocycles. The quantitative estimate of drug-likeness (QED) is 0.604. The third kappa shape index (κ3) is 4.48. The lowest BCUT2D eigenvalue weighted by Gasteiger charge is -2.15. The average molecular weight is 329 g/mol. The zero-order chi connectivity index (χ0) is 17.5. The summed E-state index contributed by atoms with van der Waals surface area (Å²) in [5.41, 5.74) is 2.08. The first-order valence-electron chi connectivity index (χ1n) is 8.31. The van der Waals surface area contributed by atoms with Crippen molar-refractivity contribution in [1.29, 1.82) is 0 Å². The second kappa shape index (κ2) is 8.15. The summed E-state index contributed by atoms with van der Waals surface area (Å²) in [4.78, 5) is 29.9. The number of carbonyl (C=O) groups excluding carboxylic acids is 2. The van der Waals surface area contributed by atoms with Crippen molar-refractivity contribution in [2.24, 2.45) is 5.92 Å². The van der Waals surface area contributed by atoms with Gasteiger partial charge in [0.1, 0.15) is 0 Å². The number of nitrogens with zero attached hydrogens (tertiary/aromatic N) is 1. The van der Waals surface area contributed by atoms with Crippen molar-refractivity contribution in [3.63, 3.8) is 0 Å². The molecule has 0 aliphatic rings. The van der Waals surface area contributed by atoms with Gasteiger partial charge in [0.15, 0.2) is 11.6 Å². The fraction of sp³-hybridized carbons (Fsp3) is 0.136. The lowest BCUT2D eigenvalue weighted by atomic mass is 9.87. The number of rotatable bonds is 7. The molecule has 25 heavy (non-hydrogen) atoms. The summed E-state index contributed by atoms with van der Waals surface area (Å²) >= 11 is 0. The summed E-state index contributed by atoms with van der Waals surface area (Å²) < 4.78 is 0. The minimum absolute atomic E-state index is 0.0180. The number of hydrogen-bond acceptors (Lipinski definition) is 3. The molecular weight excluding hydrogens is 310 g/mol. The largest absolute Gasteiger partial charge is 0.294 e. The van der Waals surface area contributed by atoms with E-state index in [9.17, 15) is 9.59 Å². The van der Waals surface area contributed by atoms with E-state index in [4.69, 9.17) is 0 Å². The normalized spacial score (nSPS) is 11.7. The van der Waals surface area contributed by atoms with Crippen LogP contribution in [0.4, 0.5) is 0 Å². The van der Waals surface area contributed by atoms with Crippen molar-refractivity contribution in [2.45, 2.75) is 12.8 Å². The smallest absolute Gasteiger partial charge is 0.166 e. The molecule has 1 atom stereocenters. The molecule has 0 saturated heterocycles. The minimum Gasteiger partial charge on any atom is -0.294 e. The molecule has 0 bridgehead atoms. The first-order chi connectivity index (χ1) is 12.2. The molecule has 1 unspecified atom stereocenters. The fourth-order valence-electron chi connectivity index (χ4n) is 2.83. The van der Waals surface area contributed by atoms with Gasteiger partial charge in [0, 0.05) is 41.8 Å². The van der Waals surface area contributed by atoms with Crippen LogP contribution in [0.2, 0.25) is 0 Å². The van der Waals surface area contributed by atoms with Crippen LogP contribution < -0.4 is 0 Å². The Morgan fingerprint density at radius 3 is 1.96 bits per heavy atom. The molecule has 0 spiro atoms. The summed E-state index contributed by atoms with van der Waals surface area (Å²) in [5, 5.41) is 0. The Bertz CT molecular complexity index is 830. The molecule has 0 saturated carbocycles. The van der Waals surface area contributed by atoms with Gasteiger partial charge in [-0.1, -0.05) is 66.7 Å². The van der Waals surface area contributed by atoms with Crippen molar-refractivity contribution < 1.29 is 9.59 Å². The van der Waals surface area contributed by atoms with Gasteiger partial charge in [-0.3, -0.25) is 14.6 Å². The molecule has 0 fully saturated rings. The van der Waals surface area contributed by atoms with Gasteiger partial charge in [0.05, 0.1) is 0 Å². The number of Topliss-reactive ketones (excluding diaryl/α,β-unsaturated/α-hetero) is 2. The van der Waals surface area contributed by atoms with Crippen LogP contribution in [0.3, 0.4) is 0 Å². The van der Waals surface area contributed by atoms with E-state index in [-0.39, 0.29) is 18.0 Å². The summed E-state index contributed by atoms with van der Waals surface area (Å²) in [7, 11) is 0. The highest BCUT2D eigenvalue weighted by molar-refractivity contribution is 6.03. The molecular formula is C22H19NO2. The monoisotopic (exact) mass is 329 g/mol. The molecule has 0 aliphatic carbocycles. The van der Waals surface area contributed by atoms with Gasteiger partial charge >= 0.3 is 0 Å². The van der Waals surface area contributed by atoms with Crippen LogP contribution in [0.5, 0.6) is 0 Å². The predicted octanol–water partition coefficient (Wildman–Crippen LogP) is 4.40. The van der Waals surface area contributed by atoms with Crippen LogP contribution >= 0.6 is 0 Å². The second-order valence-electron chi connectivity index (χ2n) is 5.95. The average Bonchev–Trinajstić information content (AvgIpc) is 2.69. The van der Waals surface area contributed by atoms with Gasteiger partial charge in [0.25, 0.3) is 0 Å². The summed E-state index contributed by atoms with van der Waals surface area (Å²) in [6.45, 7) is 0. The number of pyridine rings is 1. The number of aromatic nitrogens is 1. The van der Waals surface area contributed by atoms with Crippen LogP contribution in [0, 0.1) is 5.92 Å². The molecule has 0 amide bonds. The van der Waals surface area contributed by atoms with Gasteiger partial charge in [-0.05, 0) is 12.1 Å². The molecule has 3 aromatic rings. The van der Waals surface area contributed by atoms with E-state index >= 15 is 0 Å². The second-order valence-corrected chi connectivity index (χ2v) is 5.95. The maximum absolute atomic E-state index is 12.9. The van der Waals surface area contributed by atoms with Gasteiger partial charge in [-0.25, -0.2) is 0 Å². The highest BCUT2D eigenvalue weighted by Gasteiger charge is 2.24. The first-order valence-corrected chi connectivity index (χ1v) is 8.31. The topological polar surface area (TPSA) is 47.0 Å². The summed E-state index contributed by atoms with van der Waals surface area (Å²) in [6.07, 6.45) is 2.33. The van der Waals surface area contributed by atoms with Gasteiger partial charge in [-0.2, -0.15) is 0 Å². The maximum Gasteiger partial charge on any atom is 0.166 e. The zero-order valence-corrected chi connectivity index (χ0v) is 13.8. The maximum atomic E-state index is 12.9. The van der Waals surface area contributed by atoms with Crippen molar-refractivity contribution >= 4 is 11.6 Å². The van der Waals surface area contributed by atoms with Crippen LogP contribution in [-0.4, -0.2) is 16.6 Å². The lowest BCUT2D eigenvalue weighted by molar-refractivity contribution is 0.0851. The third-order valence-electron chi connectivity index (χ3n) is 4.14. The Hall–Kier alpha value is -3.07. The Kier molecular flexibility index (Phi) is 5.47. The Balaban J connectivity index is 1.83. The van der Waals surface area contributed by atoms with E-state index in [1.165, 1.54) is 0 Å². The molecule has 0 radical (unpaired) electrons. The first kappa shape index (κ1) is 16.8. The molecule has 1 aromatic heterocycles. The Morgan fingerprint density at radius 2 is 1.36 bits per heavy atom. The van der Waals surface area contributed by atoms with Crippen LogP contribution in [0.1, 0.15) is 32.8 Å². The van der Waals surface area contributed by atoms with E-state index < -0.39 is 5.92 Å². The molecule has 3 rings (SSSR count). The van der Waals surface area contributed by atoms with Crippen molar-refractivity contribution in [2.75, 3.05) is 0 Å². The summed E-state index contributed by atoms with van der Waals surface area (Å²) in [5.74, 6) is -0.466. The van der Waals surface area contributed by atoms with E-state index in [1.54, 1.807) is 30.5 Å². The fourth-order valence-corrected chi connectivity index (χ4v) is 2.83. The van der Waals surface area contributed by atoms with E-state index in [0.717, 1.165) is 5.69 Å². The minimum atomic E-state index is -0.426. The van der Waals surface area contributed by atoms with Gasteiger partial charge in [0.2, 0.25) is 0 Å². The van der Waals surface area contributed by atoms with Crippen molar-refractivity contribution in [1.82, 2.24) is 4.98 Å². The predicted molar refractivity (Wildman–Crippen MR) is 97.6 cm³/mol. The highest BCUT2D eigenvalue weighted by Crippen LogP contribution is 2.20. The molecule has 3 heteroatoms. The standard InChI is InChI=1S/C22H19NO2/c24-21(17-9-3-1-4-10-17)16-19(15-20-13-7-8-14-23-20)22(25)18-11-5-2-6-12-18/h1-14,19H,15-16H2. The van der Waals surface area contributed by atoms with Crippen LogP contribution in [0.15, 0.2) is 85.1 Å². The van der Waals surface area contributed by atoms with E-state index in [2.05, 4.69) is 4.98 Å². The van der Waals surface area contributed by atoms with Gasteiger partial charge in [-0.15, -0.1) is 0 Å². The molecule has 124 valence electrons. The number of ketones is 2. The number of hydrogen-bond donors (Lipinski definition) is 0. The lowest BCUT2D eigenvalue weighted by Crippen LogP contribution is -2.21.